The fourth-order valence-electron chi connectivity index (χ4n) is 1.63. The molecule has 0 fully saturated rings. The number of hydrogen-bond acceptors (Lipinski definition) is 1. The molecular formula is C11H21N. The van der Waals surface area contributed by atoms with Crippen LogP contribution in [0.15, 0.2) is 11.6 Å². The van der Waals surface area contributed by atoms with Crippen molar-refractivity contribution in [2.45, 2.75) is 46.1 Å². The van der Waals surface area contributed by atoms with Gasteiger partial charge in [0.05, 0.1) is 0 Å². The lowest BCUT2D eigenvalue weighted by Gasteiger charge is -2.06. The third-order valence-electron chi connectivity index (χ3n) is 2.59. The van der Waals surface area contributed by atoms with Crippen molar-refractivity contribution >= 4 is 0 Å². The summed E-state index contributed by atoms with van der Waals surface area (Å²) in [4.78, 5) is 0. The van der Waals surface area contributed by atoms with Gasteiger partial charge in [-0.1, -0.05) is 45.3 Å². The molecule has 0 radical (unpaired) electrons. The van der Waals surface area contributed by atoms with Gasteiger partial charge in [0.25, 0.3) is 0 Å². The van der Waals surface area contributed by atoms with Crippen LogP contribution in [0.1, 0.15) is 40.0 Å². The Kier molecular flexibility index (Phi) is 3.80. The summed E-state index contributed by atoms with van der Waals surface area (Å²) in [6.07, 6.45) is 6.40. The molecule has 0 aliphatic carbocycles. The second kappa shape index (κ2) is 4.66. The number of nitrogens with one attached hydrogen (secondary N) is 1. The van der Waals surface area contributed by atoms with E-state index in [9.17, 15) is 0 Å². The molecule has 1 aliphatic rings. The summed E-state index contributed by atoms with van der Waals surface area (Å²) < 4.78 is 0. The largest absolute Gasteiger partial charge is 0.307 e. The SMILES string of the molecule is CCCCC1C=C(C(C)C)CN1. The van der Waals surface area contributed by atoms with Crippen LogP contribution in [0.4, 0.5) is 0 Å². The number of rotatable bonds is 4. The standard InChI is InChI=1S/C11H21N/c1-4-5-6-11-7-10(8-12-11)9(2)3/h7,9,11-12H,4-6,8H2,1-3H3. The summed E-state index contributed by atoms with van der Waals surface area (Å²) in [6.45, 7) is 7.92. The molecule has 0 aromatic heterocycles. The van der Waals surface area contributed by atoms with E-state index in [0.29, 0.717) is 6.04 Å². The zero-order chi connectivity index (χ0) is 8.97. The first-order chi connectivity index (χ1) is 5.74. The van der Waals surface area contributed by atoms with E-state index in [4.69, 9.17) is 0 Å². The fourth-order valence-corrected chi connectivity index (χ4v) is 1.63. The predicted molar refractivity (Wildman–Crippen MR) is 54.2 cm³/mol. The highest BCUT2D eigenvalue weighted by Crippen LogP contribution is 2.17. The second-order valence-corrected chi connectivity index (χ2v) is 4.03. The molecule has 70 valence electrons. The summed E-state index contributed by atoms with van der Waals surface area (Å²) in [5, 5.41) is 3.53. The van der Waals surface area contributed by atoms with E-state index < -0.39 is 0 Å². The van der Waals surface area contributed by atoms with Gasteiger partial charge in [-0.3, -0.25) is 0 Å². The molecule has 0 aromatic rings. The molecule has 1 nitrogen and oxygen atoms in total. The van der Waals surface area contributed by atoms with Gasteiger partial charge in [-0.05, 0) is 12.3 Å². The molecule has 1 heterocycles. The maximum atomic E-state index is 3.53. The van der Waals surface area contributed by atoms with Crippen LogP contribution in [0.25, 0.3) is 0 Å². The van der Waals surface area contributed by atoms with Crippen LogP contribution < -0.4 is 5.32 Å². The van der Waals surface area contributed by atoms with Crippen LogP contribution >= 0.6 is 0 Å². The smallest absolute Gasteiger partial charge is 0.0256 e. The minimum atomic E-state index is 0.669. The van der Waals surface area contributed by atoms with Crippen molar-refractivity contribution in [1.29, 1.82) is 0 Å². The van der Waals surface area contributed by atoms with E-state index in [-0.39, 0.29) is 0 Å². The maximum absolute atomic E-state index is 3.53. The Morgan fingerprint density at radius 3 is 2.83 bits per heavy atom. The van der Waals surface area contributed by atoms with Crippen molar-refractivity contribution in [3.8, 4) is 0 Å². The molecule has 0 aromatic carbocycles. The fraction of sp³-hybridized carbons (Fsp3) is 0.818. The Balaban J connectivity index is 2.31. The molecule has 0 bridgehead atoms. The average Bonchev–Trinajstić information content (AvgIpc) is 2.48. The summed E-state index contributed by atoms with van der Waals surface area (Å²) in [5.41, 5.74) is 1.59. The van der Waals surface area contributed by atoms with Crippen molar-refractivity contribution in [3.05, 3.63) is 11.6 Å². The van der Waals surface area contributed by atoms with Crippen LogP contribution in [0.5, 0.6) is 0 Å². The zero-order valence-corrected chi connectivity index (χ0v) is 8.56. The summed E-state index contributed by atoms with van der Waals surface area (Å²) in [6, 6.07) is 0.669. The van der Waals surface area contributed by atoms with E-state index in [1.54, 1.807) is 5.57 Å². The number of hydrogen-bond donors (Lipinski definition) is 1. The molecule has 0 saturated carbocycles. The molecule has 12 heavy (non-hydrogen) atoms. The minimum Gasteiger partial charge on any atom is -0.307 e. The van der Waals surface area contributed by atoms with Crippen molar-refractivity contribution < 1.29 is 0 Å². The molecular weight excluding hydrogens is 146 g/mol. The van der Waals surface area contributed by atoms with E-state index >= 15 is 0 Å². The second-order valence-electron chi connectivity index (χ2n) is 4.03. The van der Waals surface area contributed by atoms with Crippen molar-refractivity contribution in [2.75, 3.05) is 6.54 Å². The predicted octanol–water partition coefficient (Wildman–Crippen LogP) is 2.73. The first-order valence-electron chi connectivity index (χ1n) is 5.18. The summed E-state index contributed by atoms with van der Waals surface area (Å²) >= 11 is 0. The van der Waals surface area contributed by atoms with Crippen LogP contribution in [0.3, 0.4) is 0 Å². The Morgan fingerprint density at radius 1 is 1.58 bits per heavy atom. The third-order valence-corrected chi connectivity index (χ3v) is 2.59. The third kappa shape index (κ3) is 2.63. The molecule has 1 unspecified atom stereocenters. The molecule has 1 atom stereocenters. The maximum Gasteiger partial charge on any atom is 0.0256 e. The summed E-state index contributed by atoms with van der Waals surface area (Å²) in [5.74, 6) is 0.726. The van der Waals surface area contributed by atoms with Crippen LogP contribution in [-0.2, 0) is 0 Å². The van der Waals surface area contributed by atoms with Crippen molar-refractivity contribution in [3.63, 3.8) is 0 Å². The van der Waals surface area contributed by atoms with Crippen LogP contribution in [-0.4, -0.2) is 12.6 Å². The first-order valence-corrected chi connectivity index (χ1v) is 5.18. The molecule has 0 amide bonds. The summed E-state index contributed by atoms with van der Waals surface area (Å²) in [7, 11) is 0. The highest BCUT2D eigenvalue weighted by Gasteiger charge is 2.15. The Hall–Kier alpha value is -0.300. The zero-order valence-electron chi connectivity index (χ0n) is 8.56. The van der Waals surface area contributed by atoms with Gasteiger partial charge < -0.3 is 5.32 Å². The van der Waals surface area contributed by atoms with Crippen LogP contribution in [0, 0.1) is 5.92 Å². The molecule has 1 rings (SSSR count). The van der Waals surface area contributed by atoms with Gasteiger partial charge >= 0.3 is 0 Å². The highest BCUT2D eigenvalue weighted by molar-refractivity contribution is 5.17. The lowest BCUT2D eigenvalue weighted by Crippen LogP contribution is -2.22. The monoisotopic (exact) mass is 167 g/mol. The average molecular weight is 167 g/mol. The minimum absolute atomic E-state index is 0.669. The molecule has 1 heteroatoms. The van der Waals surface area contributed by atoms with Gasteiger partial charge in [-0.25, -0.2) is 0 Å². The van der Waals surface area contributed by atoms with Gasteiger partial charge in [0.1, 0.15) is 0 Å². The Labute approximate surface area is 76.2 Å². The van der Waals surface area contributed by atoms with E-state index in [2.05, 4.69) is 32.2 Å². The van der Waals surface area contributed by atoms with E-state index in [0.717, 1.165) is 12.5 Å². The van der Waals surface area contributed by atoms with Crippen LogP contribution in [0.2, 0.25) is 0 Å². The van der Waals surface area contributed by atoms with Crippen molar-refractivity contribution in [1.82, 2.24) is 5.32 Å². The van der Waals surface area contributed by atoms with E-state index in [1.165, 1.54) is 19.3 Å². The Morgan fingerprint density at radius 2 is 2.33 bits per heavy atom. The molecule has 1 aliphatic heterocycles. The molecule has 1 N–H and O–H groups in total. The number of unbranched alkanes of at least 4 members (excludes halogenated alkanes) is 1. The lowest BCUT2D eigenvalue weighted by molar-refractivity contribution is 0.577. The molecule has 0 saturated heterocycles. The topological polar surface area (TPSA) is 12.0 Å². The molecule has 0 spiro atoms. The van der Waals surface area contributed by atoms with E-state index in [1.807, 2.05) is 0 Å². The van der Waals surface area contributed by atoms with Gasteiger partial charge in [0.2, 0.25) is 0 Å². The quantitative estimate of drug-likeness (QED) is 0.635. The Bertz CT molecular complexity index is 158. The lowest BCUT2D eigenvalue weighted by atomic mass is 10.0. The highest BCUT2D eigenvalue weighted by atomic mass is 14.9. The van der Waals surface area contributed by atoms with Gasteiger partial charge in [0, 0.05) is 12.6 Å². The van der Waals surface area contributed by atoms with Gasteiger partial charge in [0.15, 0.2) is 0 Å². The van der Waals surface area contributed by atoms with Gasteiger partial charge in [-0.2, -0.15) is 0 Å². The normalized spacial score (nSPS) is 23.3. The van der Waals surface area contributed by atoms with Gasteiger partial charge in [-0.15, -0.1) is 0 Å². The first kappa shape index (κ1) is 9.79. The van der Waals surface area contributed by atoms with Crippen molar-refractivity contribution in [2.24, 2.45) is 5.92 Å².